The van der Waals surface area contributed by atoms with Crippen LogP contribution in [0.25, 0.3) is 0 Å². The lowest BCUT2D eigenvalue weighted by Crippen LogP contribution is -2.55. The van der Waals surface area contributed by atoms with E-state index in [1.165, 1.54) is 4.90 Å². The van der Waals surface area contributed by atoms with Gasteiger partial charge in [-0.05, 0) is 70.1 Å². The van der Waals surface area contributed by atoms with E-state index in [-0.39, 0.29) is 79.9 Å². The Kier molecular flexibility index (Phi) is 15.5. The third kappa shape index (κ3) is 10.6. The minimum absolute atomic E-state index is 0.00101. The van der Waals surface area contributed by atoms with Crippen LogP contribution in [0.3, 0.4) is 0 Å². The predicted molar refractivity (Wildman–Crippen MR) is 248 cm³/mol. The fraction of sp³-hybridized carbons (Fsp3) is 0.532. The summed E-state index contributed by atoms with van der Waals surface area (Å²) in [6, 6.07) is 3.53. The van der Waals surface area contributed by atoms with Crippen molar-refractivity contribution in [1.82, 2.24) is 35.7 Å². The Bertz CT molecular complexity index is 2270. The van der Waals surface area contributed by atoms with E-state index in [4.69, 9.17) is 20.2 Å². The van der Waals surface area contributed by atoms with Gasteiger partial charge in [0.2, 0.25) is 29.6 Å². The summed E-state index contributed by atoms with van der Waals surface area (Å²) in [5.74, 6) is -0.292. The molecule has 1 aromatic heterocycles. The summed E-state index contributed by atoms with van der Waals surface area (Å²) in [6.07, 6.45) is 12.2. The van der Waals surface area contributed by atoms with E-state index in [1.54, 1.807) is 62.5 Å². The summed E-state index contributed by atoms with van der Waals surface area (Å²) in [6.45, 7) is 10.8. The van der Waals surface area contributed by atoms with Gasteiger partial charge in [0, 0.05) is 80.7 Å². The number of ether oxygens (including phenoxy) is 2. The first-order chi connectivity index (χ1) is 31.8. The second-order valence-corrected chi connectivity index (χ2v) is 17.5. The van der Waals surface area contributed by atoms with E-state index in [0.29, 0.717) is 59.4 Å². The average Bonchev–Trinajstić information content (AvgIpc) is 3.96. The number of imide groups is 1. The first-order valence-electron chi connectivity index (χ1n) is 23.1. The molecule has 1 unspecified atom stereocenters. The molecule has 19 heteroatoms. The van der Waals surface area contributed by atoms with Crippen LogP contribution in [-0.2, 0) is 28.7 Å². The van der Waals surface area contributed by atoms with Crippen LogP contribution >= 0.6 is 0 Å². The van der Waals surface area contributed by atoms with Crippen molar-refractivity contribution in [2.24, 2.45) is 5.73 Å². The number of hydrogen-bond donors (Lipinski definition) is 5. The van der Waals surface area contributed by atoms with Crippen molar-refractivity contribution < 1.29 is 38.2 Å². The number of likely N-dealkylation sites (tertiary alicyclic amines) is 1. The predicted octanol–water partition coefficient (Wildman–Crippen LogP) is 2.81. The molecule has 1 aliphatic carbocycles. The van der Waals surface area contributed by atoms with Crippen LogP contribution in [0.4, 0.5) is 23.1 Å². The molecule has 1 aromatic carbocycles. The second kappa shape index (κ2) is 21.4. The van der Waals surface area contributed by atoms with Crippen LogP contribution < -0.4 is 41.5 Å². The lowest BCUT2D eigenvalue weighted by molar-refractivity contribution is -0.142. The second-order valence-electron chi connectivity index (χ2n) is 17.5. The number of allylic oxidation sites excluding steroid dienone is 1. The maximum absolute atomic E-state index is 13.4. The molecule has 19 nitrogen and oxygen atoms in total. The average molecular weight is 910 g/mol. The number of aromatic nitrogens is 2. The lowest BCUT2D eigenvalue weighted by Gasteiger charge is -2.43. The zero-order valence-electron chi connectivity index (χ0n) is 38.4. The lowest BCUT2D eigenvalue weighted by atomic mass is 10.0. The maximum Gasteiger partial charge on any atom is 0.255 e. The molecule has 354 valence electrons. The molecule has 3 fully saturated rings. The Labute approximate surface area is 385 Å². The standard InChI is InChI=1S/C47H63N11O8/c1-6-10-32-33(27-57(45(32)63)37-15-16-40(59)53-44(37)62)28(3)50-43(61)34(48)19-23-66-24-22-56-20-17-30(18-21-56)51-42(60)29-13-14-35(39(25-29)65-5)52-47-49-26-38-41(54-47)58(31-11-8-9-12-31)36(7-2)46(64)55(38)4/h6,10,13-14,25-26,30-31,34,36-37H,3,7-9,11-12,15-24,27,48H2,1-2,4-5H3,(H,50,61)(H,51,60)(H,49,52,54)(H,53,59,62)/b10-6-/t34-,36-,37?/m1/s1. The van der Waals surface area contributed by atoms with Crippen LogP contribution in [0.2, 0.25) is 0 Å². The van der Waals surface area contributed by atoms with E-state index in [0.717, 1.165) is 57.4 Å². The van der Waals surface area contributed by atoms with Gasteiger partial charge in [0.05, 0.1) is 31.6 Å². The molecule has 1 saturated carbocycles. The number of amides is 6. The number of benzene rings is 1. The van der Waals surface area contributed by atoms with Gasteiger partial charge in [-0.3, -0.25) is 34.1 Å². The zero-order chi connectivity index (χ0) is 47.1. The molecular formula is C47H63N11O8. The Morgan fingerprint density at radius 3 is 2.53 bits per heavy atom. The molecule has 4 aliphatic heterocycles. The molecular weight excluding hydrogens is 847 g/mol. The summed E-state index contributed by atoms with van der Waals surface area (Å²) in [5.41, 5.74) is 8.98. The van der Waals surface area contributed by atoms with Gasteiger partial charge in [-0.15, -0.1) is 0 Å². The van der Waals surface area contributed by atoms with Crippen LogP contribution in [0.1, 0.15) is 88.4 Å². The van der Waals surface area contributed by atoms with Crippen LogP contribution in [-0.4, -0.2) is 139 Å². The molecule has 0 bridgehead atoms. The van der Waals surface area contributed by atoms with Gasteiger partial charge in [-0.25, -0.2) is 4.98 Å². The summed E-state index contributed by atoms with van der Waals surface area (Å²) in [5, 5.41) is 11.5. The van der Waals surface area contributed by atoms with Crippen LogP contribution in [0.15, 0.2) is 60.0 Å². The quantitative estimate of drug-likeness (QED) is 0.107. The van der Waals surface area contributed by atoms with Crippen LogP contribution in [0.5, 0.6) is 5.75 Å². The van der Waals surface area contributed by atoms with E-state index < -0.39 is 23.9 Å². The highest BCUT2D eigenvalue weighted by atomic mass is 16.5. The first kappa shape index (κ1) is 47.8. The van der Waals surface area contributed by atoms with Gasteiger partial charge >= 0.3 is 0 Å². The Balaban J connectivity index is 0.827. The summed E-state index contributed by atoms with van der Waals surface area (Å²) >= 11 is 0. The third-order valence-corrected chi connectivity index (χ3v) is 13.2. The topological polar surface area (TPSA) is 234 Å². The Hall–Kier alpha value is -6.18. The fourth-order valence-corrected chi connectivity index (χ4v) is 9.46. The normalized spacial score (nSPS) is 21.4. The van der Waals surface area contributed by atoms with Crippen molar-refractivity contribution in [3.63, 3.8) is 0 Å². The van der Waals surface area contributed by atoms with E-state index in [2.05, 4.69) is 42.6 Å². The highest BCUT2D eigenvalue weighted by Gasteiger charge is 2.42. The molecule has 6 N–H and O–H groups in total. The number of likely N-dealkylation sites (N-methyl/N-ethyl adjacent to an activating group) is 1. The molecule has 2 saturated heterocycles. The van der Waals surface area contributed by atoms with Gasteiger partial charge in [0.25, 0.3) is 11.8 Å². The third-order valence-electron chi connectivity index (χ3n) is 13.2. The highest BCUT2D eigenvalue weighted by molar-refractivity contribution is 6.07. The molecule has 2 aromatic rings. The number of piperidine rings is 2. The molecule has 5 heterocycles. The number of carbonyl (C=O) groups is 6. The maximum atomic E-state index is 13.4. The van der Waals surface area contributed by atoms with Crippen molar-refractivity contribution in [1.29, 1.82) is 0 Å². The highest BCUT2D eigenvalue weighted by Crippen LogP contribution is 2.40. The molecule has 6 amide bonds. The van der Waals surface area contributed by atoms with Crippen molar-refractivity contribution in [2.75, 3.05) is 68.7 Å². The molecule has 7 rings (SSSR count). The molecule has 5 aliphatic rings. The summed E-state index contributed by atoms with van der Waals surface area (Å²) < 4.78 is 11.5. The number of anilines is 4. The van der Waals surface area contributed by atoms with Gasteiger partial charge in [0.15, 0.2) is 5.82 Å². The number of methoxy groups -OCH3 is 1. The number of hydrogen-bond acceptors (Lipinski definition) is 14. The van der Waals surface area contributed by atoms with Gasteiger partial charge < -0.3 is 50.8 Å². The molecule has 0 radical (unpaired) electrons. The van der Waals surface area contributed by atoms with Gasteiger partial charge in [0.1, 0.15) is 23.5 Å². The number of nitrogens with one attached hydrogen (secondary N) is 4. The molecule has 0 spiro atoms. The number of rotatable bonds is 18. The monoisotopic (exact) mass is 909 g/mol. The van der Waals surface area contributed by atoms with Gasteiger partial charge in [-0.2, -0.15) is 4.98 Å². The van der Waals surface area contributed by atoms with E-state index in [9.17, 15) is 28.8 Å². The minimum atomic E-state index is -0.886. The minimum Gasteiger partial charge on any atom is -0.495 e. The number of carbonyl (C=O) groups excluding carboxylic acids is 6. The summed E-state index contributed by atoms with van der Waals surface area (Å²) in [7, 11) is 3.33. The SMILES string of the molecule is C=C(NC(=O)[C@H](N)CCOCCN1CCC(NC(=O)c2ccc(Nc3ncc4c(n3)N(C3CCCC3)[C@H](CC)C(=O)N4C)c(OC)c2)CC1)C1=C(/C=C\C)C(=O)N(C2CCC(=O)NC2=O)C1. The summed E-state index contributed by atoms with van der Waals surface area (Å²) in [4.78, 5) is 94.2. The van der Waals surface area contributed by atoms with Crippen molar-refractivity contribution in [2.45, 2.75) is 108 Å². The first-order valence-corrected chi connectivity index (χ1v) is 23.1. The molecule has 66 heavy (non-hydrogen) atoms. The zero-order valence-corrected chi connectivity index (χ0v) is 38.4. The van der Waals surface area contributed by atoms with Crippen molar-refractivity contribution in [3.05, 3.63) is 65.5 Å². The Morgan fingerprint density at radius 1 is 1.08 bits per heavy atom. The van der Waals surface area contributed by atoms with Crippen molar-refractivity contribution >= 4 is 58.6 Å². The van der Waals surface area contributed by atoms with Gasteiger partial charge in [-0.1, -0.05) is 38.5 Å². The van der Waals surface area contributed by atoms with E-state index in [1.807, 2.05) is 6.92 Å². The number of nitrogens with zero attached hydrogens (tertiary/aromatic N) is 6. The largest absolute Gasteiger partial charge is 0.495 e. The smallest absolute Gasteiger partial charge is 0.255 e. The molecule has 3 atom stereocenters. The number of fused-ring (bicyclic) bond motifs is 1. The van der Waals surface area contributed by atoms with Crippen molar-refractivity contribution in [3.8, 4) is 5.75 Å². The van der Waals surface area contributed by atoms with Crippen LogP contribution in [0, 0.1) is 0 Å². The fourth-order valence-electron chi connectivity index (χ4n) is 9.46. The van der Waals surface area contributed by atoms with E-state index >= 15 is 0 Å². The number of nitrogens with two attached hydrogens (primary N) is 1. The Morgan fingerprint density at radius 2 is 1.83 bits per heavy atom.